The minimum absolute atomic E-state index is 0.136. The van der Waals surface area contributed by atoms with Gasteiger partial charge in [0, 0.05) is 22.8 Å². The fourth-order valence-corrected chi connectivity index (χ4v) is 3.90. The SMILES string of the molecule is CC(NC(=O)c1c[nH]cc1-c1ccc(Cl)s1)c1ccc(-n2cncn2)cc1. The Balaban J connectivity index is 1.49. The molecule has 0 bridgehead atoms. The second-order valence-electron chi connectivity index (χ2n) is 6.01. The first-order valence-corrected chi connectivity index (χ1v) is 9.49. The minimum Gasteiger partial charge on any atom is -0.366 e. The highest BCUT2D eigenvalue weighted by Gasteiger charge is 2.18. The van der Waals surface area contributed by atoms with Gasteiger partial charge in [0.15, 0.2) is 0 Å². The number of hydrogen-bond acceptors (Lipinski definition) is 4. The highest BCUT2D eigenvalue weighted by Crippen LogP contribution is 2.33. The number of amides is 1. The van der Waals surface area contributed by atoms with E-state index in [0.29, 0.717) is 9.90 Å². The van der Waals surface area contributed by atoms with E-state index in [1.165, 1.54) is 17.7 Å². The van der Waals surface area contributed by atoms with Crippen molar-refractivity contribution in [2.24, 2.45) is 0 Å². The first kappa shape index (κ1) is 17.5. The van der Waals surface area contributed by atoms with Gasteiger partial charge in [0.25, 0.3) is 5.91 Å². The zero-order valence-electron chi connectivity index (χ0n) is 14.4. The number of aromatic nitrogens is 4. The van der Waals surface area contributed by atoms with Gasteiger partial charge in [-0.3, -0.25) is 4.79 Å². The number of nitrogens with one attached hydrogen (secondary N) is 2. The smallest absolute Gasteiger partial charge is 0.253 e. The van der Waals surface area contributed by atoms with Crippen molar-refractivity contribution < 1.29 is 4.79 Å². The molecule has 0 aliphatic heterocycles. The van der Waals surface area contributed by atoms with E-state index >= 15 is 0 Å². The number of hydrogen-bond donors (Lipinski definition) is 2. The van der Waals surface area contributed by atoms with Gasteiger partial charge in [0.05, 0.1) is 21.6 Å². The van der Waals surface area contributed by atoms with Gasteiger partial charge in [-0.05, 0) is 36.8 Å². The molecule has 0 spiro atoms. The maximum absolute atomic E-state index is 12.8. The second kappa shape index (κ2) is 7.38. The van der Waals surface area contributed by atoms with E-state index in [1.54, 1.807) is 17.2 Å². The number of benzene rings is 1. The molecular weight excluding hydrogens is 382 g/mol. The van der Waals surface area contributed by atoms with Crippen molar-refractivity contribution in [2.45, 2.75) is 13.0 Å². The second-order valence-corrected chi connectivity index (χ2v) is 7.73. The van der Waals surface area contributed by atoms with Gasteiger partial charge in [-0.2, -0.15) is 5.10 Å². The topological polar surface area (TPSA) is 75.6 Å². The molecule has 4 rings (SSSR count). The van der Waals surface area contributed by atoms with Crippen LogP contribution in [0.3, 0.4) is 0 Å². The Labute approximate surface area is 164 Å². The molecule has 0 saturated heterocycles. The van der Waals surface area contributed by atoms with E-state index in [1.807, 2.05) is 49.5 Å². The number of thiophene rings is 1. The maximum Gasteiger partial charge on any atom is 0.253 e. The monoisotopic (exact) mass is 397 g/mol. The van der Waals surface area contributed by atoms with Gasteiger partial charge in [-0.1, -0.05) is 23.7 Å². The fraction of sp³-hybridized carbons (Fsp3) is 0.105. The van der Waals surface area contributed by atoms with Gasteiger partial charge in [-0.25, -0.2) is 9.67 Å². The number of carbonyl (C=O) groups excluding carboxylic acids is 1. The zero-order chi connectivity index (χ0) is 18.8. The summed E-state index contributed by atoms with van der Waals surface area (Å²) in [6, 6.07) is 11.4. The highest BCUT2D eigenvalue weighted by atomic mass is 35.5. The lowest BCUT2D eigenvalue weighted by atomic mass is 10.1. The summed E-state index contributed by atoms with van der Waals surface area (Å²) in [7, 11) is 0. The number of nitrogens with zero attached hydrogens (tertiary/aromatic N) is 3. The molecule has 136 valence electrons. The Morgan fingerprint density at radius 1 is 1.22 bits per heavy atom. The Bertz CT molecular complexity index is 1050. The molecule has 8 heteroatoms. The number of rotatable bonds is 5. The lowest BCUT2D eigenvalue weighted by molar-refractivity contribution is 0.0940. The number of aromatic amines is 1. The van der Waals surface area contributed by atoms with Crippen molar-refractivity contribution >= 4 is 28.8 Å². The first-order valence-electron chi connectivity index (χ1n) is 8.30. The summed E-state index contributed by atoms with van der Waals surface area (Å²) >= 11 is 7.47. The van der Waals surface area contributed by atoms with Crippen LogP contribution >= 0.6 is 22.9 Å². The molecule has 0 saturated carbocycles. The number of H-pyrrole nitrogens is 1. The molecule has 3 heterocycles. The van der Waals surface area contributed by atoms with Crippen LogP contribution in [-0.4, -0.2) is 25.7 Å². The summed E-state index contributed by atoms with van der Waals surface area (Å²) < 4.78 is 2.38. The third-order valence-corrected chi connectivity index (χ3v) is 5.52. The molecule has 1 atom stereocenters. The van der Waals surface area contributed by atoms with E-state index in [9.17, 15) is 4.79 Å². The van der Waals surface area contributed by atoms with Crippen molar-refractivity contribution in [2.75, 3.05) is 0 Å². The summed E-state index contributed by atoms with van der Waals surface area (Å²) in [5.74, 6) is -0.136. The Kier molecular flexibility index (Phi) is 4.79. The normalized spacial score (nSPS) is 12.1. The molecule has 3 aromatic heterocycles. The molecule has 4 aromatic rings. The van der Waals surface area contributed by atoms with Crippen LogP contribution in [0.25, 0.3) is 16.1 Å². The van der Waals surface area contributed by atoms with Gasteiger partial charge < -0.3 is 10.3 Å². The van der Waals surface area contributed by atoms with Crippen molar-refractivity contribution in [1.29, 1.82) is 0 Å². The molecule has 1 amide bonds. The Morgan fingerprint density at radius 2 is 2.04 bits per heavy atom. The number of carbonyl (C=O) groups is 1. The van der Waals surface area contributed by atoms with E-state index in [0.717, 1.165) is 21.7 Å². The van der Waals surface area contributed by atoms with Crippen LogP contribution in [0.2, 0.25) is 4.34 Å². The lowest BCUT2D eigenvalue weighted by Crippen LogP contribution is -2.26. The average Bonchev–Trinajstić information content (AvgIpc) is 3.42. The van der Waals surface area contributed by atoms with E-state index in [-0.39, 0.29) is 11.9 Å². The summed E-state index contributed by atoms with van der Waals surface area (Å²) in [6.07, 6.45) is 6.66. The van der Waals surface area contributed by atoms with Gasteiger partial charge in [0.2, 0.25) is 0 Å². The molecule has 27 heavy (non-hydrogen) atoms. The van der Waals surface area contributed by atoms with Crippen LogP contribution in [-0.2, 0) is 0 Å². The fourth-order valence-electron chi connectivity index (χ4n) is 2.83. The van der Waals surface area contributed by atoms with Gasteiger partial charge >= 0.3 is 0 Å². The average molecular weight is 398 g/mol. The molecule has 0 aliphatic rings. The van der Waals surface area contributed by atoms with Crippen LogP contribution in [0, 0.1) is 0 Å². The van der Waals surface area contributed by atoms with Crippen LogP contribution in [0.15, 0.2) is 61.4 Å². The van der Waals surface area contributed by atoms with Crippen LogP contribution in [0.5, 0.6) is 0 Å². The van der Waals surface area contributed by atoms with Crippen molar-refractivity contribution in [3.63, 3.8) is 0 Å². The van der Waals surface area contributed by atoms with E-state index in [4.69, 9.17) is 11.6 Å². The van der Waals surface area contributed by atoms with E-state index in [2.05, 4.69) is 20.4 Å². The van der Waals surface area contributed by atoms with Crippen molar-refractivity contribution in [1.82, 2.24) is 25.1 Å². The predicted molar refractivity (Wildman–Crippen MR) is 106 cm³/mol. The van der Waals surface area contributed by atoms with Crippen LogP contribution < -0.4 is 5.32 Å². The summed E-state index contributed by atoms with van der Waals surface area (Å²) in [5.41, 5.74) is 3.36. The summed E-state index contributed by atoms with van der Waals surface area (Å²) in [6.45, 7) is 1.96. The van der Waals surface area contributed by atoms with Crippen molar-refractivity contribution in [3.05, 3.63) is 76.9 Å². The van der Waals surface area contributed by atoms with Crippen molar-refractivity contribution in [3.8, 4) is 16.1 Å². The van der Waals surface area contributed by atoms with E-state index < -0.39 is 0 Å². The largest absolute Gasteiger partial charge is 0.366 e. The standard InChI is InChI=1S/C19H16ClN5OS/c1-12(13-2-4-14(5-3-13)25-11-22-10-23-25)24-19(26)16-9-21-8-15(16)17-6-7-18(20)27-17/h2-12,21H,1H3,(H,24,26). The molecule has 0 fully saturated rings. The lowest BCUT2D eigenvalue weighted by Gasteiger charge is -2.15. The molecule has 1 aromatic carbocycles. The molecule has 2 N–H and O–H groups in total. The summed E-state index contributed by atoms with van der Waals surface area (Å²) in [5, 5.41) is 7.15. The van der Waals surface area contributed by atoms with Crippen LogP contribution in [0.4, 0.5) is 0 Å². The van der Waals surface area contributed by atoms with Gasteiger partial charge in [-0.15, -0.1) is 11.3 Å². The molecule has 0 radical (unpaired) electrons. The van der Waals surface area contributed by atoms with Gasteiger partial charge in [0.1, 0.15) is 12.7 Å². The summed E-state index contributed by atoms with van der Waals surface area (Å²) in [4.78, 5) is 20.7. The van der Waals surface area contributed by atoms with Crippen LogP contribution in [0.1, 0.15) is 28.9 Å². The Morgan fingerprint density at radius 3 is 2.70 bits per heavy atom. The quantitative estimate of drug-likeness (QED) is 0.521. The highest BCUT2D eigenvalue weighted by molar-refractivity contribution is 7.19. The molecule has 1 unspecified atom stereocenters. The minimum atomic E-state index is -0.142. The maximum atomic E-state index is 12.8. The number of halogens is 1. The molecule has 6 nitrogen and oxygen atoms in total. The predicted octanol–water partition coefficient (Wildman–Crippen LogP) is 4.47. The third-order valence-electron chi connectivity index (χ3n) is 4.25. The Hall–Kier alpha value is -2.90. The molecule has 0 aliphatic carbocycles. The first-order chi connectivity index (χ1) is 13.1. The zero-order valence-corrected chi connectivity index (χ0v) is 16.0. The molecular formula is C19H16ClN5OS. The third kappa shape index (κ3) is 3.65.